The minimum Gasteiger partial charge on any atom is -0.298 e. The Morgan fingerprint density at radius 3 is 2.55 bits per heavy atom. The lowest BCUT2D eigenvalue weighted by molar-refractivity contribution is 0.111. The Balaban J connectivity index is 3.35. The van der Waals surface area contributed by atoms with Gasteiger partial charge in [-0.25, -0.2) is 8.78 Å². The SMILES string of the molecule is [B]c1cc(F)cc(C=O)c1F. The molecule has 1 nitrogen and oxygen atoms in total. The van der Waals surface area contributed by atoms with E-state index in [1.165, 1.54) is 0 Å². The van der Waals surface area contributed by atoms with Gasteiger partial charge in [0.25, 0.3) is 0 Å². The van der Waals surface area contributed by atoms with Crippen molar-refractivity contribution < 1.29 is 13.6 Å². The monoisotopic (exact) mass is 152 g/mol. The van der Waals surface area contributed by atoms with E-state index < -0.39 is 11.6 Å². The third kappa shape index (κ3) is 1.45. The molecule has 0 heterocycles. The fourth-order valence-corrected chi connectivity index (χ4v) is 0.718. The van der Waals surface area contributed by atoms with Gasteiger partial charge in [0.1, 0.15) is 19.5 Å². The molecule has 0 bridgehead atoms. The van der Waals surface area contributed by atoms with E-state index >= 15 is 0 Å². The Hall–Kier alpha value is -1.19. The largest absolute Gasteiger partial charge is 0.298 e. The molecule has 0 aliphatic heterocycles. The number of rotatable bonds is 1. The number of hydrogen-bond acceptors (Lipinski definition) is 1. The second kappa shape index (κ2) is 2.82. The van der Waals surface area contributed by atoms with Crippen LogP contribution in [0.15, 0.2) is 12.1 Å². The highest BCUT2D eigenvalue weighted by molar-refractivity contribution is 6.32. The van der Waals surface area contributed by atoms with Gasteiger partial charge in [0.05, 0.1) is 5.56 Å². The van der Waals surface area contributed by atoms with Gasteiger partial charge in [-0.3, -0.25) is 4.79 Å². The first kappa shape index (κ1) is 7.92. The number of aldehydes is 1. The Bertz CT molecular complexity index is 299. The summed E-state index contributed by atoms with van der Waals surface area (Å²) >= 11 is 0. The summed E-state index contributed by atoms with van der Waals surface area (Å²) in [7, 11) is 5.02. The molecule has 0 atom stereocenters. The minimum atomic E-state index is -0.874. The molecule has 0 aromatic heterocycles. The molecule has 54 valence electrons. The minimum absolute atomic E-state index is 0.217. The fourth-order valence-electron chi connectivity index (χ4n) is 0.718. The predicted octanol–water partition coefficient (Wildman–Crippen LogP) is 0.571. The van der Waals surface area contributed by atoms with Crippen molar-refractivity contribution in [2.24, 2.45) is 0 Å². The summed E-state index contributed by atoms with van der Waals surface area (Å²) in [6.07, 6.45) is 0.217. The van der Waals surface area contributed by atoms with Crippen molar-refractivity contribution >= 4 is 19.6 Å². The lowest BCUT2D eigenvalue weighted by Gasteiger charge is -1.98. The number of carbonyl (C=O) groups is 1. The van der Waals surface area contributed by atoms with E-state index in [1.807, 2.05) is 0 Å². The molecule has 1 aromatic carbocycles. The van der Waals surface area contributed by atoms with Crippen LogP contribution >= 0.6 is 0 Å². The van der Waals surface area contributed by atoms with Crippen LogP contribution in [0.5, 0.6) is 0 Å². The summed E-state index contributed by atoms with van der Waals surface area (Å²) in [5, 5.41) is 0. The van der Waals surface area contributed by atoms with Crippen LogP contribution in [0.2, 0.25) is 0 Å². The van der Waals surface area contributed by atoms with Crippen molar-refractivity contribution in [3.63, 3.8) is 0 Å². The van der Waals surface area contributed by atoms with Crippen LogP contribution in [0.3, 0.4) is 0 Å². The zero-order valence-electron chi connectivity index (χ0n) is 5.47. The first-order valence-corrected chi connectivity index (χ1v) is 2.85. The van der Waals surface area contributed by atoms with Crippen molar-refractivity contribution in [2.75, 3.05) is 0 Å². The molecule has 11 heavy (non-hydrogen) atoms. The molecule has 1 rings (SSSR count). The molecule has 0 unspecified atom stereocenters. The smallest absolute Gasteiger partial charge is 0.153 e. The molecule has 0 aliphatic carbocycles. The molecule has 2 radical (unpaired) electrons. The summed E-state index contributed by atoms with van der Waals surface area (Å²) < 4.78 is 25.0. The Morgan fingerprint density at radius 1 is 1.36 bits per heavy atom. The molecule has 0 saturated carbocycles. The Kier molecular flexibility index (Phi) is 2.03. The molecular weight excluding hydrogens is 149 g/mol. The zero-order chi connectivity index (χ0) is 8.43. The van der Waals surface area contributed by atoms with E-state index in [2.05, 4.69) is 0 Å². The van der Waals surface area contributed by atoms with Crippen LogP contribution in [0, 0.1) is 11.6 Å². The Labute approximate surface area is 63.4 Å². The van der Waals surface area contributed by atoms with Gasteiger partial charge in [-0.15, -0.1) is 0 Å². The maximum absolute atomic E-state index is 12.7. The average molecular weight is 152 g/mol. The number of benzene rings is 1. The molecule has 0 aliphatic rings. The van der Waals surface area contributed by atoms with Crippen molar-refractivity contribution in [1.82, 2.24) is 0 Å². The second-order valence-corrected chi connectivity index (χ2v) is 2.02. The maximum atomic E-state index is 12.7. The lowest BCUT2D eigenvalue weighted by Crippen LogP contribution is -2.12. The molecule has 0 N–H and O–H groups in total. The summed E-state index contributed by atoms with van der Waals surface area (Å²) in [6, 6.07) is 1.61. The summed E-state index contributed by atoms with van der Waals surface area (Å²) in [4.78, 5) is 10.1. The topological polar surface area (TPSA) is 17.1 Å². The third-order valence-corrected chi connectivity index (χ3v) is 1.22. The van der Waals surface area contributed by atoms with Crippen molar-refractivity contribution in [3.05, 3.63) is 29.3 Å². The van der Waals surface area contributed by atoms with Crippen LogP contribution in [0.4, 0.5) is 8.78 Å². The maximum Gasteiger partial charge on any atom is 0.153 e. The van der Waals surface area contributed by atoms with Crippen molar-refractivity contribution in [1.29, 1.82) is 0 Å². The van der Waals surface area contributed by atoms with Crippen LogP contribution in [-0.4, -0.2) is 14.1 Å². The highest BCUT2D eigenvalue weighted by Gasteiger charge is 2.05. The van der Waals surface area contributed by atoms with Gasteiger partial charge in [0.15, 0.2) is 6.29 Å². The standard InChI is InChI=1S/C7H3BF2O/c8-6-2-5(9)1-4(3-11)7(6)10/h1-3H. The second-order valence-electron chi connectivity index (χ2n) is 2.02. The summed E-state index contributed by atoms with van der Waals surface area (Å²) in [5.41, 5.74) is -0.713. The van der Waals surface area contributed by atoms with Crippen molar-refractivity contribution in [2.45, 2.75) is 0 Å². The molecule has 0 fully saturated rings. The van der Waals surface area contributed by atoms with Crippen LogP contribution < -0.4 is 5.46 Å². The highest BCUT2D eigenvalue weighted by Crippen LogP contribution is 2.03. The molecule has 0 spiro atoms. The van der Waals surface area contributed by atoms with Gasteiger partial charge in [-0.2, -0.15) is 0 Å². The van der Waals surface area contributed by atoms with Gasteiger partial charge in [0, 0.05) is 0 Å². The van der Waals surface area contributed by atoms with Crippen LogP contribution in [0.25, 0.3) is 0 Å². The van der Waals surface area contributed by atoms with Crippen molar-refractivity contribution in [3.8, 4) is 0 Å². The third-order valence-electron chi connectivity index (χ3n) is 1.22. The predicted molar refractivity (Wildman–Crippen MR) is 37.1 cm³/mol. The first-order chi connectivity index (χ1) is 5.15. The Morgan fingerprint density at radius 2 is 2.00 bits per heavy atom. The molecule has 4 heteroatoms. The van der Waals surface area contributed by atoms with Gasteiger partial charge < -0.3 is 0 Å². The molecule has 0 amide bonds. The first-order valence-electron chi connectivity index (χ1n) is 2.85. The van der Waals surface area contributed by atoms with E-state index in [9.17, 15) is 13.6 Å². The van der Waals surface area contributed by atoms with Gasteiger partial charge in [-0.1, -0.05) is 5.46 Å². The average Bonchev–Trinajstić information content (AvgIpc) is 1.96. The molecule has 1 aromatic rings. The lowest BCUT2D eigenvalue weighted by atomic mass is 9.93. The fraction of sp³-hybridized carbons (Fsp3) is 0. The molecule has 0 saturated heterocycles. The number of carbonyl (C=O) groups excluding carboxylic acids is 1. The van der Waals surface area contributed by atoms with Gasteiger partial charge >= 0.3 is 0 Å². The quantitative estimate of drug-likeness (QED) is 0.424. The van der Waals surface area contributed by atoms with E-state index in [0.29, 0.717) is 0 Å². The summed E-state index contributed by atoms with van der Waals surface area (Å²) in [6.45, 7) is 0. The van der Waals surface area contributed by atoms with Gasteiger partial charge in [-0.05, 0) is 12.1 Å². The summed E-state index contributed by atoms with van der Waals surface area (Å²) in [5.74, 6) is -1.59. The normalized spacial score (nSPS) is 9.64. The van der Waals surface area contributed by atoms with Crippen LogP contribution in [-0.2, 0) is 0 Å². The van der Waals surface area contributed by atoms with E-state index in [0.717, 1.165) is 12.1 Å². The van der Waals surface area contributed by atoms with E-state index in [-0.39, 0.29) is 17.3 Å². The molecular formula is C7H3BF2O. The number of halogens is 2. The van der Waals surface area contributed by atoms with E-state index in [4.69, 9.17) is 7.85 Å². The van der Waals surface area contributed by atoms with Gasteiger partial charge in [0.2, 0.25) is 0 Å². The van der Waals surface area contributed by atoms with E-state index in [1.54, 1.807) is 0 Å². The number of hydrogen-bond donors (Lipinski definition) is 0. The van der Waals surface area contributed by atoms with Crippen LogP contribution in [0.1, 0.15) is 10.4 Å². The highest BCUT2D eigenvalue weighted by atomic mass is 19.1. The zero-order valence-corrected chi connectivity index (χ0v) is 5.47.